The summed E-state index contributed by atoms with van der Waals surface area (Å²) >= 11 is 0. The molecule has 0 atom stereocenters. The van der Waals surface area contributed by atoms with Crippen molar-refractivity contribution in [3.05, 3.63) is 66.0 Å². The number of hydrogen-bond donors (Lipinski definition) is 0. The topological polar surface area (TPSA) is 33.2 Å². The van der Waals surface area contributed by atoms with Crippen molar-refractivity contribution >= 4 is 5.78 Å². The van der Waals surface area contributed by atoms with Crippen LogP contribution in [0.25, 0.3) is 0 Å². The number of hydrogen-bond acceptors (Lipinski definition) is 3. The van der Waals surface area contributed by atoms with E-state index in [0.717, 1.165) is 30.8 Å². The average Bonchev–Trinajstić information content (AvgIpc) is 2.52. The summed E-state index contributed by atoms with van der Waals surface area (Å²) in [5, 5.41) is 0. The quantitative estimate of drug-likeness (QED) is 0.724. The van der Waals surface area contributed by atoms with Crippen molar-refractivity contribution in [2.24, 2.45) is 0 Å². The molecule has 0 amide bonds. The van der Waals surface area contributed by atoms with Crippen molar-refractivity contribution in [3.63, 3.8) is 0 Å². The molecule has 0 radical (unpaired) electrons. The molecule has 0 aliphatic carbocycles. The summed E-state index contributed by atoms with van der Waals surface area (Å²) in [7, 11) is 2.04. The normalized spacial score (nSPS) is 10.7. The first-order chi connectivity index (χ1) is 9.75. The van der Waals surface area contributed by atoms with Crippen molar-refractivity contribution in [2.45, 2.75) is 12.8 Å². The fraction of sp³-hybridized carbons (Fsp3) is 0.294. The summed E-state index contributed by atoms with van der Waals surface area (Å²) in [5.74, 6) is 0.204. The maximum atomic E-state index is 12.0. The van der Waals surface area contributed by atoms with Crippen LogP contribution in [0, 0.1) is 0 Å². The van der Waals surface area contributed by atoms with Gasteiger partial charge in [0, 0.05) is 43.4 Å². The number of carbonyl (C=O) groups excluding carboxylic acids is 1. The van der Waals surface area contributed by atoms with Crippen LogP contribution in [-0.4, -0.2) is 35.8 Å². The van der Waals surface area contributed by atoms with Crippen molar-refractivity contribution in [1.29, 1.82) is 0 Å². The second kappa shape index (κ2) is 7.56. The van der Waals surface area contributed by atoms with E-state index in [2.05, 4.69) is 9.88 Å². The molecule has 1 aromatic carbocycles. The lowest BCUT2D eigenvalue weighted by Crippen LogP contribution is -2.24. The lowest BCUT2D eigenvalue weighted by atomic mass is 10.1. The van der Waals surface area contributed by atoms with Crippen molar-refractivity contribution in [3.8, 4) is 0 Å². The van der Waals surface area contributed by atoms with Gasteiger partial charge in [-0.2, -0.15) is 0 Å². The van der Waals surface area contributed by atoms with E-state index < -0.39 is 0 Å². The highest BCUT2D eigenvalue weighted by Crippen LogP contribution is 2.04. The second-order valence-corrected chi connectivity index (χ2v) is 4.91. The van der Waals surface area contributed by atoms with E-state index in [1.807, 2.05) is 61.8 Å². The Balaban J connectivity index is 1.73. The molecule has 0 saturated carbocycles. The van der Waals surface area contributed by atoms with Gasteiger partial charge in [-0.25, -0.2) is 0 Å². The van der Waals surface area contributed by atoms with Gasteiger partial charge in [-0.3, -0.25) is 9.78 Å². The van der Waals surface area contributed by atoms with E-state index in [4.69, 9.17) is 0 Å². The summed E-state index contributed by atoms with van der Waals surface area (Å²) < 4.78 is 0. The SMILES string of the molecule is CN(CCC(=O)c1ccccc1)CCc1ccccn1. The Morgan fingerprint density at radius 3 is 2.50 bits per heavy atom. The first kappa shape index (κ1) is 14.4. The summed E-state index contributed by atoms with van der Waals surface area (Å²) in [6.45, 7) is 1.69. The summed E-state index contributed by atoms with van der Waals surface area (Å²) in [6, 6.07) is 15.4. The minimum absolute atomic E-state index is 0.204. The predicted octanol–water partition coefficient (Wildman–Crippen LogP) is 2.83. The molecular weight excluding hydrogens is 248 g/mol. The Kier molecular flexibility index (Phi) is 5.44. The Hall–Kier alpha value is -2.00. The van der Waals surface area contributed by atoms with Gasteiger partial charge in [0.15, 0.2) is 5.78 Å². The van der Waals surface area contributed by atoms with Gasteiger partial charge in [-0.1, -0.05) is 36.4 Å². The molecule has 1 aromatic heterocycles. The molecule has 104 valence electrons. The number of ketones is 1. The van der Waals surface area contributed by atoms with E-state index in [9.17, 15) is 4.79 Å². The molecule has 1 heterocycles. The predicted molar refractivity (Wildman–Crippen MR) is 80.8 cm³/mol. The van der Waals surface area contributed by atoms with E-state index >= 15 is 0 Å². The van der Waals surface area contributed by atoms with Crippen LogP contribution < -0.4 is 0 Å². The van der Waals surface area contributed by atoms with Crippen molar-refractivity contribution < 1.29 is 4.79 Å². The van der Waals surface area contributed by atoms with Crippen LogP contribution in [0.2, 0.25) is 0 Å². The Morgan fingerprint density at radius 2 is 1.80 bits per heavy atom. The Morgan fingerprint density at radius 1 is 1.05 bits per heavy atom. The van der Waals surface area contributed by atoms with Crippen LogP contribution in [0.1, 0.15) is 22.5 Å². The molecule has 0 aliphatic rings. The smallest absolute Gasteiger partial charge is 0.164 e. The van der Waals surface area contributed by atoms with Crippen LogP contribution >= 0.6 is 0 Å². The van der Waals surface area contributed by atoms with Gasteiger partial charge < -0.3 is 4.90 Å². The third-order valence-corrected chi connectivity index (χ3v) is 3.29. The van der Waals surface area contributed by atoms with Crippen molar-refractivity contribution in [2.75, 3.05) is 20.1 Å². The molecule has 0 saturated heterocycles. The molecular formula is C17H20N2O. The largest absolute Gasteiger partial charge is 0.306 e. The van der Waals surface area contributed by atoms with Gasteiger partial charge in [0.2, 0.25) is 0 Å². The summed E-state index contributed by atoms with van der Waals surface area (Å²) in [6.07, 6.45) is 3.29. The highest BCUT2D eigenvalue weighted by molar-refractivity contribution is 5.96. The zero-order valence-electron chi connectivity index (χ0n) is 11.8. The third-order valence-electron chi connectivity index (χ3n) is 3.29. The first-order valence-corrected chi connectivity index (χ1v) is 6.92. The molecule has 0 bridgehead atoms. The number of pyridine rings is 1. The number of Topliss-reactive ketones (excluding diaryl/α,β-unsaturated/α-hetero) is 1. The average molecular weight is 268 g/mol. The maximum Gasteiger partial charge on any atom is 0.164 e. The van der Waals surface area contributed by atoms with Crippen LogP contribution in [0.4, 0.5) is 0 Å². The van der Waals surface area contributed by atoms with Gasteiger partial charge in [0.1, 0.15) is 0 Å². The van der Waals surface area contributed by atoms with Gasteiger partial charge >= 0.3 is 0 Å². The zero-order chi connectivity index (χ0) is 14.2. The fourth-order valence-electron chi connectivity index (χ4n) is 2.02. The van der Waals surface area contributed by atoms with Crippen LogP contribution in [0.15, 0.2) is 54.7 Å². The van der Waals surface area contributed by atoms with Crippen LogP contribution in [0.3, 0.4) is 0 Å². The summed E-state index contributed by atoms with van der Waals surface area (Å²) in [4.78, 5) is 18.5. The molecule has 2 aromatic rings. The van der Waals surface area contributed by atoms with Gasteiger partial charge in [0.25, 0.3) is 0 Å². The summed E-state index contributed by atoms with van der Waals surface area (Å²) in [5.41, 5.74) is 1.89. The van der Waals surface area contributed by atoms with Crippen LogP contribution in [-0.2, 0) is 6.42 Å². The van der Waals surface area contributed by atoms with Gasteiger partial charge in [-0.05, 0) is 19.2 Å². The minimum Gasteiger partial charge on any atom is -0.306 e. The standard InChI is InChI=1S/C17H20N2O/c1-19(13-10-16-9-5-6-12-18-16)14-11-17(20)15-7-3-2-4-8-15/h2-9,12H,10-11,13-14H2,1H3. The molecule has 0 aliphatic heterocycles. The number of nitrogens with zero attached hydrogens (tertiary/aromatic N) is 2. The number of rotatable bonds is 7. The molecule has 0 unspecified atom stereocenters. The molecule has 2 rings (SSSR count). The molecule has 3 heteroatoms. The van der Waals surface area contributed by atoms with E-state index in [1.54, 1.807) is 0 Å². The highest BCUT2D eigenvalue weighted by atomic mass is 16.1. The lowest BCUT2D eigenvalue weighted by Gasteiger charge is -2.15. The molecule has 0 N–H and O–H groups in total. The zero-order valence-corrected chi connectivity index (χ0v) is 11.8. The van der Waals surface area contributed by atoms with Crippen LogP contribution in [0.5, 0.6) is 0 Å². The number of likely N-dealkylation sites (N-methyl/N-ethyl adjacent to an activating group) is 1. The number of benzene rings is 1. The third kappa shape index (κ3) is 4.59. The van der Waals surface area contributed by atoms with Gasteiger partial charge in [0.05, 0.1) is 0 Å². The molecule has 20 heavy (non-hydrogen) atoms. The number of carbonyl (C=O) groups is 1. The maximum absolute atomic E-state index is 12.0. The lowest BCUT2D eigenvalue weighted by molar-refractivity contribution is 0.0969. The molecule has 3 nitrogen and oxygen atoms in total. The first-order valence-electron chi connectivity index (χ1n) is 6.92. The Labute approximate surface area is 120 Å². The molecule has 0 fully saturated rings. The van der Waals surface area contributed by atoms with Gasteiger partial charge in [-0.15, -0.1) is 0 Å². The highest BCUT2D eigenvalue weighted by Gasteiger charge is 2.07. The molecule has 0 spiro atoms. The monoisotopic (exact) mass is 268 g/mol. The van der Waals surface area contributed by atoms with Crippen molar-refractivity contribution in [1.82, 2.24) is 9.88 Å². The number of aromatic nitrogens is 1. The Bertz CT molecular complexity index is 525. The van der Waals surface area contributed by atoms with E-state index in [-0.39, 0.29) is 5.78 Å². The fourth-order valence-corrected chi connectivity index (χ4v) is 2.02. The second-order valence-electron chi connectivity index (χ2n) is 4.91. The van der Waals surface area contributed by atoms with E-state index in [0.29, 0.717) is 6.42 Å². The minimum atomic E-state index is 0.204. The van der Waals surface area contributed by atoms with E-state index in [1.165, 1.54) is 0 Å².